The fourth-order valence-electron chi connectivity index (χ4n) is 0.715. The average molecular weight is 156 g/mol. The van der Waals surface area contributed by atoms with Crippen molar-refractivity contribution in [1.82, 2.24) is 0 Å². The second-order valence-electron chi connectivity index (χ2n) is 1.85. The molecule has 0 N–H and O–H groups in total. The lowest BCUT2D eigenvalue weighted by Gasteiger charge is -2.00. The number of esters is 1. The van der Waals surface area contributed by atoms with E-state index in [9.17, 15) is 4.79 Å². The smallest absolute Gasteiger partial charge is 0.340 e. The van der Waals surface area contributed by atoms with Crippen molar-refractivity contribution in [2.75, 3.05) is 14.2 Å². The minimum Gasteiger partial charge on any atom is -0.500 e. The van der Waals surface area contributed by atoms with Crippen molar-refractivity contribution in [3.63, 3.8) is 0 Å². The number of carbonyl (C=O) groups excluding carboxylic acids is 1. The third-order valence-corrected chi connectivity index (χ3v) is 1.15. The Labute approximate surface area is 64.0 Å². The molecule has 0 unspecified atom stereocenters. The lowest BCUT2D eigenvalue weighted by Crippen LogP contribution is -1.92. The Hall–Kier alpha value is -1.45. The molecule has 4 nitrogen and oxygen atoms in total. The zero-order valence-corrected chi connectivity index (χ0v) is 6.29. The van der Waals surface area contributed by atoms with Crippen LogP contribution in [0.2, 0.25) is 0 Å². The van der Waals surface area contributed by atoms with Gasteiger partial charge in [0.1, 0.15) is 6.26 Å². The van der Waals surface area contributed by atoms with Crippen LogP contribution in [0.25, 0.3) is 0 Å². The molecule has 1 aliphatic heterocycles. The van der Waals surface area contributed by atoms with Crippen molar-refractivity contribution in [2.45, 2.75) is 0 Å². The zero-order valence-electron chi connectivity index (χ0n) is 6.29. The molecule has 0 aliphatic carbocycles. The first-order chi connectivity index (χ1) is 5.27. The summed E-state index contributed by atoms with van der Waals surface area (Å²) in [6.07, 6.45) is 2.56. The largest absolute Gasteiger partial charge is 0.500 e. The fourth-order valence-corrected chi connectivity index (χ4v) is 0.715. The summed E-state index contributed by atoms with van der Waals surface area (Å²) in [4.78, 5) is 10.6. The normalized spacial score (nSPS) is 19.6. The van der Waals surface area contributed by atoms with Crippen molar-refractivity contribution in [3.05, 3.63) is 23.9 Å². The van der Waals surface area contributed by atoms with Gasteiger partial charge < -0.3 is 14.2 Å². The third-order valence-electron chi connectivity index (χ3n) is 1.15. The lowest BCUT2D eigenvalue weighted by molar-refractivity contribution is -0.132. The van der Waals surface area contributed by atoms with E-state index in [1.54, 1.807) is 0 Å². The summed E-state index contributed by atoms with van der Waals surface area (Å²) in [5.74, 6) is 0.252. The summed E-state index contributed by atoms with van der Waals surface area (Å²) >= 11 is 0. The second kappa shape index (κ2) is 3.09. The van der Waals surface area contributed by atoms with Gasteiger partial charge in [0.05, 0.1) is 20.3 Å². The first-order valence-electron chi connectivity index (χ1n) is 2.98. The van der Waals surface area contributed by atoms with Crippen LogP contribution in [-0.2, 0) is 19.0 Å². The van der Waals surface area contributed by atoms with Crippen molar-refractivity contribution in [2.24, 2.45) is 0 Å². The second-order valence-corrected chi connectivity index (χ2v) is 1.85. The van der Waals surface area contributed by atoms with Crippen LogP contribution in [0.1, 0.15) is 0 Å². The number of carbonyl (C=O) groups is 1. The van der Waals surface area contributed by atoms with E-state index < -0.39 is 5.97 Å². The highest BCUT2D eigenvalue weighted by molar-refractivity contribution is 5.87. The highest BCUT2D eigenvalue weighted by Gasteiger charge is 2.20. The van der Waals surface area contributed by atoms with Crippen molar-refractivity contribution in [1.29, 1.82) is 0 Å². The molecule has 0 aromatic rings. The molecule has 4 heteroatoms. The van der Waals surface area contributed by atoms with Gasteiger partial charge in [-0.2, -0.15) is 0 Å². The molecule has 11 heavy (non-hydrogen) atoms. The zero-order chi connectivity index (χ0) is 8.27. The standard InChI is InChI=1S/C7H8O4/c1-9-4-6-5(10-2)3-7(8)11-6/h3-4H,1-2H3/b6-4-. The number of ether oxygens (including phenoxy) is 3. The summed E-state index contributed by atoms with van der Waals surface area (Å²) in [6, 6.07) is 0. The van der Waals surface area contributed by atoms with Crippen LogP contribution in [0.5, 0.6) is 0 Å². The number of hydrogen-bond donors (Lipinski definition) is 0. The molecule has 0 spiro atoms. The predicted molar refractivity (Wildman–Crippen MR) is 36.3 cm³/mol. The van der Waals surface area contributed by atoms with Crippen molar-refractivity contribution >= 4 is 5.97 Å². The average Bonchev–Trinajstić information content (AvgIpc) is 2.32. The van der Waals surface area contributed by atoms with Gasteiger partial charge in [-0.1, -0.05) is 0 Å². The molecule has 0 aromatic heterocycles. The number of cyclic esters (lactones) is 1. The van der Waals surface area contributed by atoms with E-state index in [4.69, 9.17) is 4.74 Å². The third kappa shape index (κ3) is 1.52. The molecule has 0 bridgehead atoms. The van der Waals surface area contributed by atoms with E-state index in [2.05, 4.69) is 9.47 Å². The molecule has 0 amide bonds. The predicted octanol–water partition coefficient (Wildman–Crippen LogP) is 0.561. The van der Waals surface area contributed by atoms with Gasteiger partial charge in [0.15, 0.2) is 5.76 Å². The van der Waals surface area contributed by atoms with E-state index in [1.807, 2.05) is 0 Å². The molecule has 0 radical (unpaired) electrons. The molecule has 1 aliphatic rings. The highest BCUT2D eigenvalue weighted by Crippen LogP contribution is 2.19. The first kappa shape index (κ1) is 7.65. The Kier molecular flexibility index (Phi) is 2.15. The summed E-state index contributed by atoms with van der Waals surface area (Å²) in [7, 11) is 2.92. The Balaban J connectivity index is 2.79. The molecule has 0 saturated heterocycles. The van der Waals surface area contributed by atoms with Crippen molar-refractivity contribution in [3.8, 4) is 0 Å². The number of hydrogen-bond acceptors (Lipinski definition) is 4. The van der Waals surface area contributed by atoms with Gasteiger partial charge in [-0.05, 0) is 0 Å². The van der Waals surface area contributed by atoms with E-state index in [-0.39, 0.29) is 0 Å². The van der Waals surface area contributed by atoms with Crippen LogP contribution in [0.3, 0.4) is 0 Å². The minimum absolute atomic E-state index is 0.306. The number of methoxy groups -OCH3 is 2. The topological polar surface area (TPSA) is 44.8 Å². The molecule has 60 valence electrons. The van der Waals surface area contributed by atoms with Gasteiger partial charge in [0.2, 0.25) is 5.76 Å². The molecule has 0 saturated carbocycles. The molecular weight excluding hydrogens is 148 g/mol. The molecule has 0 aromatic carbocycles. The van der Waals surface area contributed by atoms with Crippen LogP contribution in [0.15, 0.2) is 23.9 Å². The van der Waals surface area contributed by atoms with E-state index in [0.717, 1.165) is 0 Å². The molecule has 1 heterocycles. The Morgan fingerprint density at radius 3 is 2.82 bits per heavy atom. The first-order valence-corrected chi connectivity index (χ1v) is 2.98. The summed E-state index contributed by atoms with van der Waals surface area (Å²) in [5.41, 5.74) is 0. The summed E-state index contributed by atoms with van der Waals surface area (Å²) in [6.45, 7) is 0. The monoisotopic (exact) mass is 156 g/mol. The fraction of sp³-hybridized carbons (Fsp3) is 0.286. The van der Waals surface area contributed by atoms with Crippen LogP contribution in [0.4, 0.5) is 0 Å². The van der Waals surface area contributed by atoms with Gasteiger partial charge in [-0.15, -0.1) is 0 Å². The lowest BCUT2D eigenvalue weighted by atomic mass is 10.4. The van der Waals surface area contributed by atoms with Crippen LogP contribution in [0, 0.1) is 0 Å². The maximum absolute atomic E-state index is 10.6. The van der Waals surface area contributed by atoms with Crippen LogP contribution >= 0.6 is 0 Å². The van der Waals surface area contributed by atoms with Gasteiger partial charge in [0.25, 0.3) is 0 Å². The molecule has 0 fully saturated rings. The van der Waals surface area contributed by atoms with Crippen LogP contribution in [-0.4, -0.2) is 20.2 Å². The van der Waals surface area contributed by atoms with Gasteiger partial charge >= 0.3 is 5.97 Å². The van der Waals surface area contributed by atoms with E-state index >= 15 is 0 Å². The SMILES string of the molecule is CO/C=C1\OC(=O)C=C1OC. The molecular formula is C7H8O4. The van der Waals surface area contributed by atoms with Gasteiger partial charge in [-0.3, -0.25) is 0 Å². The van der Waals surface area contributed by atoms with Gasteiger partial charge in [-0.25, -0.2) is 4.79 Å². The Bertz CT molecular complexity index is 227. The van der Waals surface area contributed by atoms with E-state index in [0.29, 0.717) is 11.5 Å². The maximum Gasteiger partial charge on any atom is 0.340 e. The molecule has 0 atom stereocenters. The quantitative estimate of drug-likeness (QED) is 0.433. The Morgan fingerprint density at radius 2 is 2.27 bits per heavy atom. The van der Waals surface area contributed by atoms with E-state index in [1.165, 1.54) is 26.6 Å². The minimum atomic E-state index is -0.440. The van der Waals surface area contributed by atoms with Gasteiger partial charge in [0, 0.05) is 0 Å². The van der Waals surface area contributed by atoms with Crippen LogP contribution < -0.4 is 0 Å². The summed E-state index contributed by atoms with van der Waals surface area (Å²) < 4.78 is 14.1. The Morgan fingerprint density at radius 1 is 1.55 bits per heavy atom. The maximum atomic E-state index is 10.6. The molecule has 1 rings (SSSR count). The number of rotatable bonds is 2. The summed E-state index contributed by atoms with van der Waals surface area (Å²) in [5, 5.41) is 0. The van der Waals surface area contributed by atoms with Crippen molar-refractivity contribution < 1.29 is 19.0 Å². The highest BCUT2D eigenvalue weighted by atomic mass is 16.6.